The molecule has 2 aliphatic heterocycles. The Morgan fingerprint density at radius 2 is 1.90 bits per heavy atom. The van der Waals surface area contributed by atoms with Gasteiger partial charge in [-0.2, -0.15) is 0 Å². The van der Waals surface area contributed by atoms with Crippen LogP contribution in [0.15, 0.2) is 12.1 Å². The monoisotopic (exact) mass is 314 g/mol. The van der Waals surface area contributed by atoms with Crippen LogP contribution in [0.1, 0.15) is 31.7 Å². The van der Waals surface area contributed by atoms with E-state index in [0.717, 1.165) is 19.5 Å². The molecule has 116 valence electrons. The third-order valence-corrected chi connectivity index (χ3v) is 5.01. The Morgan fingerprint density at radius 3 is 2.57 bits per heavy atom. The van der Waals surface area contributed by atoms with Crippen LogP contribution in [0.5, 0.6) is 0 Å². The Labute approximate surface area is 129 Å². The van der Waals surface area contributed by atoms with Gasteiger partial charge >= 0.3 is 0 Å². The molecule has 2 fully saturated rings. The Bertz CT molecular complexity index is 500. The van der Waals surface area contributed by atoms with Crippen molar-refractivity contribution in [2.45, 2.75) is 44.1 Å². The summed E-state index contributed by atoms with van der Waals surface area (Å²) in [6, 6.07) is 3.24. The number of halogens is 3. The van der Waals surface area contributed by atoms with Crippen LogP contribution in [0.2, 0.25) is 0 Å². The van der Waals surface area contributed by atoms with Crippen LogP contribution in [0.3, 0.4) is 0 Å². The fourth-order valence-corrected chi connectivity index (χ4v) is 3.79. The lowest BCUT2D eigenvalue weighted by Gasteiger charge is -2.48. The van der Waals surface area contributed by atoms with E-state index in [0.29, 0.717) is 18.2 Å². The minimum absolute atomic E-state index is 0.113. The second-order valence-electron chi connectivity index (χ2n) is 6.19. The molecular weight excluding hydrogens is 294 g/mol. The normalized spacial score (nSPS) is 26.8. The Balaban J connectivity index is 1.89. The summed E-state index contributed by atoms with van der Waals surface area (Å²) >= 11 is 5.68. The van der Waals surface area contributed by atoms with Crippen LogP contribution < -0.4 is 4.90 Å². The minimum Gasteiger partial charge on any atom is -0.361 e. The van der Waals surface area contributed by atoms with Gasteiger partial charge in [-0.1, -0.05) is 6.42 Å². The van der Waals surface area contributed by atoms with Gasteiger partial charge in [0, 0.05) is 31.1 Å². The van der Waals surface area contributed by atoms with Gasteiger partial charge in [0.2, 0.25) is 0 Å². The number of rotatable bonds is 2. The molecule has 2 heterocycles. The lowest BCUT2D eigenvalue weighted by molar-refractivity contribution is 0.115. The molecule has 0 aromatic heterocycles. The van der Waals surface area contributed by atoms with Crippen LogP contribution in [-0.2, 0) is 5.88 Å². The van der Waals surface area contributed by atoms with Crippen molar-refractivity contribution in [3.05, 3.63) is 29.3 Å². The van der Waals surface area contributed by atoms with Gasteiger partial charge < -0.3 is 4.90 Å². The molecular formula is C16H21ClF2N2. The number of hydrogen-bond acceptors (Lipinski definition) is 2. The molecule has 0 N–H and O–H groups in total. The lowest BCUT2D eigenvalue weighted by atomic mass is 9.96. The molecule has 0 amide bonds. The first kappa shape index (κ1) is 15.0. The van der Waals surface area contributed by atoms with Crippen LogP contribution in [0.4, 0.5) is 14.5 Å². The highest BCUT2D eigenvalue weighted by atomic mass is 35.5. The molecule has 1 aromatic carbocycles. The van der Waals surface area contributed by atoms with Crippen molar-refractivity contribution in [1.82, 2.24) is 4.90 Å². The van der Waals surface area contributed by atoms with Crippen LogP contribution in [-0.4, -0.2) is 36.6 Å². The lowest BCUT2D eigenvalue weighted by Crippen LogP contribution is -2.59. The van der Waals surface area contributed by atoms with E-state index in [1.54, 1.807) is 0 Å². The Hall–Kier alpha value is -0.870. The second-order valence-corrected chi connectivity index (χ2v) is 6.45. The Kier molecular flexibility index (Phi) is 4.36. The summed E-state index contributed by atoms with van der Waals surface area (Å²) in [5, 5.41) is 0. The van der Waals surface area contributed by atoms with Crippen molar-refractivity contribution >= 4 is 17.3 Å². The molecule has 0 radical (unpaired) electrons. The van der Waals surface area contributed by atoms with E-state index in [1.807, 2.05) is 11.8 Å². The third kappa shape index (κ3) is 2.88. The van der Waals surface area contributed by atoms with Gasteiger partial charge in [-0.3, -0.25) is 4.90 Å². The van der Waals surface area contributed by atoms with E-state index in [4.69, 9.17) is 11.6 Å². The van der Waals surface area contributed by atoms with E-state index >= 15 is 0 Å². The van der Waals surface area contributed by atoms with E-state index in [9.17, 15) is 8.78 Å². The van der Waals surface area contributed by atoms with Gasteiger partial charge in [-0.25, -0.2) is 8.78 Å². The third-order valence-electron chi connectivity index (χ3n) is 4.71. The van der Waals surface area contributed by atoms with Crippen molar-refractivity contribution in [2.24, 2.45) is 0 Å². The summed E-state index contributed by atoms with van der Waals surface area (Å²) in [6.07, 6.45) is 3.56. The molecule has 5 heteroatoms. The number of alkyl halides is 1. The average Bonchev–Trinajstić information content (AvgIpc) is 2.46. The first-order chi connectivity index (χ1) is 10.1. The van der Waals surface area contributed by atoms with Crippen LogP contribution in [0.25, 0.3) is 0 Å². The summed E-state index contributed by atoms with van der Waals surface area (Å²) in [5.74, 6) is -0.872. The van der Waals surface area contributed by atoms with Crippen molar-refractivity contribution in [3.63, 3.8) is 0 Å². The topological polar surface area (TPSA) is 6.48 Å². The number of benzene rings is 1. The molecule has 0 bridgehead atoms. The van der Waals surface area contributed by atoms with Gasteiger partial charge in [-0.05, 0) is 44.0 Å². The van der Waals surface area contributed by atoms with E-state index in [-0.39, 0.29) is 17.6 Å². The predicted octanol–water partition coefficient (Wildman–Crippen LogP) is 3.77. The van der Waals surface area contributed by atoms with Crippen molar-refractivity contribution < 1.29 is 8.78 Å². The van der Waals surface area contributed by atoms with Gasteiger partial charge in [-0.15, -0.1) is 11.6 Å². The maximum atomic E-state index is 14.3. The fraction of sp³-hybridized carbons (Fsp3) is 0.625. The van der Waals surface area contributed by atoms with Crippen LogP contribution in [0, 0.1) is 11.6 Å². The summed E-state index contributed by atoms with van der Waals surface area (Å²) in [6.45, 7) is 4.73. The first-order valence-electron chi connectivity index (χ1n) is 7.64. The van der Waals surface area contributed by atoms with Gasteiger partial charge in [0.15, 0.2) is 0 Å². The van der Waals surface area contributed by atoms with Crippen molar-refractivity contribution in [2.75, 3.05) is 24.5 Å². The molecule has 2 unspecified atom stereocenters. The standard InChI is InChI=1S/C16H21ClF2N2/c1-11-9-20-5-3-2-4-13(20)10-21(11)16-14(18)6-12(8-17)7-15(16)19/h6-7,11,13H,2-5,8-10H2,1H3. The molecule has 2 nitrogen and oxygen atoms in total. The maximum absolute atomic E-state index is 14.3. The number of piperazine rings is 1. The highest BCUT2D eigenvalue weighted by Gasteiger charge is 2.35. The van der Waals surface area contributed by atoms with Crippen molar-refractivity contribution in [1.29, 1.82) is 0 Å². The molecule has 0 spiro atoms. The van der Waals surface area contributed by atoms with Gasteiger partial charge in [0.1, 0.15) is 17.3 Å². The maximum Gasteiger partial charge on any atom is 0.149 e. The number of nitrogens with zero attached hydrogens (tertiary/aromatic N) is 2. The molecule has 0 saturated carbocycles. The van der Waals surface area contributed by atoms with E-state index < -0.39 is 11.6 Å². The van der Waals surface area contributed by atoms with Crippen molar-refractivity contribution in [3.8, 4) is 0 Å². The van der Waals surface area contributed by atoms with Gasteiger partial charge in [0.05, 0.1) is 0 Å². The number of anilines is 1. The van der Waals surface area contributed by atoms with Crippen LogP contribution >= 0.6 is 11.6 Å². The van der Waals surface area contributed by atoms with E-state index in [1.165, 1.54) is 25.0 Å². The number of piperidine rings is 1. The summed E-state index contributed by atoms with van der Waals surface area (Å²) in [5.41, 5.74) is 0.598. The zero-order chi connectivity index (χ0) is 15.0. The highest BCUT2D eigenvalue weighted by Crippen LogP contribution is 2.32. The average molecular weight is 315 g/mol. The zero-order valence-electron chi connectivity index (χ0n) is 12.3. The molecule has 2 aliphatic rings. The SMILES string of the molecule is CC1CN2CCCCC2CN1c1c(F)cc(CCl)cc1F. The summed E-state index contributed by atoms with van der Waals surface area (Å²) in [7, 11) is 0. The molecule has 2 atom stereocenters. The summed E-state index contributed by atoms with van der Waals surface area (Å²) in [4.78, 5) is 4.36. The largest absolute Gasteiger partial charge is 0.361 e. The minimum atomic E-state index is -0.498. The zero-order valence-corrected chi connectivity index (χ0v) is 13.0. The second kappa shape index (κ2) is 6.09. The predicted molar refractivity (Wildman–Crippen MR) is 81.9 cm³/mol. The van der Waals surface area contributed by atoms with E-state index in [2.05, 4.69) is 4.90 Å². The first-order valence-corrected chi connectivity index (χ1v) is 8.18. The molecule has 0 aliphatic carbocycles. The quantitative estimate of drug-likeness (QED) is 0.767. The number of hydrogen-bond donors (Lipinski definition) is 0. The molecule has 21 heavy (non-hydrogen) atoms. The summed E-state index contributed by atoms with van der Waals surface area (Å²) < 4.78 is 28.7. The molecule has 2 saturated heterocycles. The fourth-order valence-electron chi connectivity index (χ4n) is 3.63. The highest BCUT2D eigenvalue weighted by molar-refractivity contribution is 6.17. The van der Waals surface area contributed by atoms with Gasteiger partial charge in [0.25, 0.3) is 0 Å². The molecule has 1 aromatic rings. The smallest absolute Gasteiger partial charge is 0.149 e. The number of fused-ring (bicyclic) bond motifs is 1. The Morgan fingerprint density at radius 1 is 1.19 bits per heavy atom. The molecule has 3 rings (SSSR count).